The molecule has 0 fully saturated rings. The van der Waals surface area contributed by atoms with Gasteiger partial charge in [0.25, 0.3) is 0 Å². The molecule has 0 unspecified atom stereocenters. The van der Waals surface area contributed by atoms with Crippen LogP contribution in [-0.4, -0.2) is 13.7 Å². The first-order chi connectivity index (χ1) is 8.88. The second kappa shape index (κ2) is 6.50. The smallest absolute Gasteiger partial charge is 0.119 e. The largest absolute Gasteiger partial charge is 0.497 e. The second-order valence-electron chi connectivity index (χ2n) is 3.92. The van der Waals surface area contributed by atoms with Gasteiger partial charge in [0.2, 0.25) is 0 Å². The Kier molecular flexibility index (Phi) is 4.42. The van der Waals surface area contributed by atoms with Crippen molar-refractivity contribution < 1.29 is 4.74 Å². The van der Waals surface area contributed by atoms with Crippen molar-refractivity contribution in [3.8, 4) is 5.75 Å². The monoisotopic (exact) mass is 239 g/mol. The molecule has 0 bridgehead atoms. The number of nitrogens with one attached hydrogen (secondary N) is 1. The zero-order chi connectivity index (χ0) is 12.6. The maximum Gasteiger partial charge on any atom is 0.119 e. The number of hydrogen-bond donors (Lipinski definition) is 1. The fourth-order valence-corrected chi connectivity index (χ4v) is 1.64. The summed E-state index contributed by atoms with van der Waals surface area (Å²) in [5.74, 6) is 0.875. The highest BCUT2D eigenvalue weighted by atomic mass is 16.5. The van der Waals surface area contributed by atoms with Crippen molar-refractivity contribution >= 4 is 11.8 Å². The molecule has 0 amide bonds. The molecule has 0 heterocycles. The van der Waals surface area contributed by atoms with Gasteiger partial charge in [-0.25, -0.2) is 0 Å². The molecule has 92 valence electrons. The molecule has 0 aliphatic heterocycles. The molecule has 0 spiro atoms. The van der Waals surface area contributed by atoms with Gasteiger partial charge in [-0.1, -0.05) is 42.5 Å². The maximum atomic E-state index is 5.11. The molecule has 18 heavy (non-hydrogen) atoms. The van der Waals surface area contributed by atoms with Gasteiger partial charge >= 0.3 is 0 Å². The van der Waals surface area contributed by atoms with Crippen molar-refractivity contribution in [2.45, 2.75) is 0 Å². The standard InChI is InChI=1S/C16H17NO/c1-18-16-11-9-15(10-12-16)17-13-5-8-14-6-3-2-4-7-14/h2-12,17H,13H2,1H3/b8-5-. The Morgan fingerprint density at radius 3 is 2.39 bits per heavy atom. The van der Waals surface area contributed by atoms with Gasteiger partial charge in [-0.3, -0.25) is 0 Å². The second-order valence-corrected chi connectivity index (χ2v) is 3.92. The zero-order valence-corrected chi connectivity index (χ0v) is 10.5. The fraction of sp³-hybridized carbons (Fsp3) is 0.125. The normalized spacial score (nSPS) is 10.5. The van der Waals surface area contributed by atoms with E-state index in [1.165, 1.54) is 5.56 Å². The van der Waals surface area contributed by atoms with Gasteiger partial charge < -0.3 is 10.1 Å². The Bertz CT molecular complexity index is 488. The fourth-order valence-electron chi connectivity index (χ4n) is 1.64. The Labute approximate surface area is 108 Å². The van der Waals surface area contributed by atoms with Crippen LogP contribution in [0.25, 0.3) is 6.08 Å². The number of hydrogen-bond acceptors (Lipinski definition) is 2. The zero-order valence-electron chi connectivity index (χ0n) is 10.5. The van der Waals surface area contributed by atoms with Crippen LogP contribution in [0.15, 0.2) is 60.7 Å². The minimum Gasteiger partial charge on any atom is -0.497 e. The summed E-state index contributed by atoms with van der Waals surface area (Å²) in [6, 6.07) is 18.2. The molecule has 0 aromatic heterocycles. The summed E-state index contributed by atoms with van der Waals surface area (Å²) in [7, 11) is 1.67. The molecule has 2 heteroatoms. The van der Waals surface area contributed by atoms with Crippen molar-refractivity contribution in [2.24, 2.45) is 0 Å². The number of methoxy groups -OCH3 is 1. The molecule has 0 aliphatic rings. The molecule has 2 rings (SSSR count). The number of ether oxygens (including phenoxy) is 1. The number of anilines is 1. The van der Waals surface area contributed by atoms with E-state index in [4.69, 9.17) is 4.74 Å². The molecule has 0 aliphatic carbocycles. The summed E-state index contributed by atoms with van der Waals surface area (Å²) in [6.45, 7) is 0.807. The first kappa shape index (κ1) is 12.2. The van der Waals surface area contributed by atoms with Gasteiger partial charge in [-0.05, 0) is 29.8 Å². The SMILES string of the molecule is COc1ccc(NC/C=C\c2ccccc2)cc1. The lowest BCUT2D eigenvalue weighted by Gasteiger charge is -2.04. The van der Waals surface area contributed by atoms with E-state index in [2.05, 4.69) is 29.6 Å². The minimum absolute atomic E-state index is 0.807. The Balaban J connectivity index is 1.83. The van der Waals surface area contributed by atoms with E-state index in [0.717, 1.165) is 18.0 Å². The molecule has 2 nitrogen and oxygen atoms in total. The summed E-state index contributed by atoms with van der Waals surface area (Å²) in [6.07, 6.45) is 4.22. The molecular formula is C16H17NO. The van der Waals surface area contributed by atoms with Crippen LogP contribution in [0.2, 0.25) is 0 Å². The van der Waals surface area contributed by atoms with Crippen LogP contribution in [0.3, 0.4) is 0 Å². The molecule has 0 saturated carbocycles. The van der Waals surface area contributed by atoms with Crippen LogP contribution in [0, 0.1) is 0 Å². The molecule has 0 radical (unpaired) electrons. The third kappa shape index (κ3) is 3.67. The number of rotatable bonds is 5. The van der Waals surface area contributed by atoms with Crippen molar-refractivity contribution in [3.63, 3.8) is 0 Å². The summed E-state index contributed by atoms with van der Waals surface area (Å²) in [5, 5.41) is 3.32. The van der Waals surface area contributed by atoms with Crippen LogP contribution in [0.4, 0.5) is 5.69 Å². The average Bonchev–Trinajstić information content (AvgIpc) is 2.45. The molecular weight excluding hydrogens is 222 g/mol. The van der Waals surface area contributed by atoms with Crippen molar-refractivity contribution in [1.82, 2.24) is 0 Å². The van der Waals surface area contributed by atoms with E-state index in [0.29, 0.717) is 0 Å². The van der Waals surface area contributed by atoms with Crippen LogP contribution < -0.4 is 10.1 Å². The van der Waals surface area contributed by atoms with Gasteiger partial charge in [-0.15, -0.1) is 0 Å². The van der Waals surface area contributed by atoms with E-state index in [-0.39, 0.29) is 0 Å². The predicted octanol–water partition coefficient (Wildman–Crippen LogP) is 3.82. The van der Waals surface area contributed by atoms with Crippen molar-refractivity contribution in [2.75, 3.05) is 19.0 Å². The number of benzene rings is 2. The Morgan fingerprint density at radius 1 is 1.00 bits per heavy atom. The highest BCUT2D eigenvalue weighted by molar-refractivity contribution is 5.51. The first-order valence-corrected chi connectivity index (χ1v) is 5.98. The lowest BCUT2D eigenvalue weighted by Crippen LogP contribution is -1.97. The third-order valence-corrected chi connectivity index (χ3v) is 2.62. The van der Waals surface area contributed by atoms with Gasteiger partial charge in [-0.2, -0.15) is 0 Å². The summed E-state index contributed by atoms with van der Waals surface area (Å²) in [4.78, 5) is 0. The van der Waals surface area contributed by atoms with Crippen molar-refractivity contribution in [1.29, 1.82) is 0 Å². The third-order valence-electron chi connectivity index (χ3n) is 2.62. The topological polar surface area (TPSA) is 21.3 Å². The van der Waals surface area contributed by atoms with Crippen LogP contribution in [-0.2, 0) is 0 Å². The molecule has 2 aromatic carbocycles. The van der Waals surface area contributed by atoms with E-state index >= 15 is 0 Å². The highest BCUT2D eigenvalue weighted by Crippen LogP contribution is 2.14. The Hall–Kier alpha value is -2.22. The van der Waals surface area contributed by atoms with E-state index in [9.17, 15) is 0 Å². The van der Waals surface area contributed by atoms with Crippen LogP contribution >= 0.6 is 0 Å². The van der Waals surface area contributed by atoms with Gasteiger partial charge in [0.1, 0.15) is 5.75 Å². The lowest BCUT2D eigenvalue weighted by atomic mass is 10.2. The predicted molar refractivity (Wildman–Crippen MR) is 77.0 cm³/mol. The van der Waals surface area contributed by atoms with Crippen molar-refractivity contribution in [3.05, 3.63) is 66.2 Å². The average molecular weight is 239 g/mol. The van der Waals surface area contributed by atoms with E-state index < -0.39 is 0 Å². The molecule has 2 aromatic rings. The van der Waals surface area contributed by atoms with E-state index in [1.807, 2.05) is 42.5 Å². The first-order valence-electron chi connectivity index (χ1n) is 5.98. The minimum atomic E-state index is 0.807. The maximum absolute atomic E-state index is 5.11. The molecule has 1 N–H and O–H groups in total. The van der Waals surface area contributed by atoms with E-state index in [1.54, 1.807) is 7.11 Å². The highest BCUT2D eigenvalue weighted by Gasteiger charge is 1.91. The molecule has 0 atom stereocenters. The summed E-state index contributed by atoms with van der Waals surface area (Å²) in [5.41, 5.74) is 2.31. The van der Waals surface area contributed by atoms with Gasteiger partial charge in [0, 0.05) is 12.2 Å². The molecule has 0 saturated heterocycles. The lowest BCUT2D eigenvalue weighted by molar-refractivity contribution is 0.415. The van der Waals surface area contributed by atoms with Crippen LogP contribution in [0.5, 0.6) is 5.75 Å². The van der Waals surface area contributed by atoms with Gasteiger partial charge in [0.05, 0.1) is 7.11 Å². The quantitative estimate of drug-likeness (QED) is 0.856. The van der Waals surface area contributed by atoms with Gasteiger partial charge in [0.15, 0.2) is 0 Å². The summed E-state index contributed by atoms with van der Waals surface area (Å²) >= 11 is 0. The summed E-state index contributed by atoms with van der Waals surface area (Å²) < 4.78 is 5.11. The van der Waals surface area contributed by atoms with Crippen LogP contribution in [0.1, 0.15) is 5.56 Å². The Morgan fingerprint density at radius 2 is 1.72 bits per heavy atom.